The number of amides is 1. The maximum absolute atomic E-state index is 13.3. The van der Waals surface area contributed by atoms with Crippen LogP contribution < -0.4 is 5.32 Å². The van der Waals surface area contributed by atoms with E-state index in [-0.39, 0.29) is 24.3 Å². The van der Waals surface area contributed by atoms with Crippen LogP contribution in [0.25, 0.3) is 10.9 Å². The molecule has 3 aromatic rings. The van der Waals surface area contributed by atoms with Gasteiger partial charge in [-0.05, 0) is 37.1 Å². The molecule has 4 rings (SSSR count). The molecule has 1 atom stereocenters. The molecule has 0 radical (unpaired) electrons. The van der Waals surface area contributed by atoms with Gasteiger partial charge in [0.1, 0.15) is 12.4 Å². The highest BCUT2D eigenvalue weighted by Gasteiger charge is 2.24. The normalized spacial score (nSPS) is 17.4. The summed E-state index contributed by atoms with van der Waals surface area (Å²) in [5, 5.41) is 8.82. The van der Waals surface area contributed by atoms with Gasteiger partial charge in [-0.1, -0.05) is 24.3 Å². The minimum Gasteiger partial charge on any atom is -0.380 e. The van der Waals surface area contributed by atoms with Crippen LogP contribution in [0.4, 0.5) is 10.1 Å². The average molecular weight is 352 g/mol. The second kappa shape index (κ2) is 7.15. The number of aromatic nitrogens is 2. The SMILES string of the molecule is O=C(Cn1cc2ccccc2n1)N1CCCC(Nc2cccc(F)c2)C1. The Morgan fingerprint density at radius 1 is 1.23 bits per heavy atom. The molecular weight excluding hydrogens is 331 g/mol. The van der Waals surface area contributed by atoms with E-state index in [9.17, 15) is 9.18 Å². The smallest absolute Gasteiger partial charge is 0.244 e. The molecule has 134 valence electrons. The van der Waals surface area contributed by atoms with Crippen molar-refractivity contribution < 1.29 is 9.18 Å². The number of likely N-dealkylation sites (tertiary alicyclic amines) is 1. The molecule has 0 spiro atoms. The zero-order valence-electron chi connectivity index (χ0n) is 14.4. The highest BCUT2D eigenvalue weighted by Crippen LogP contribution is 2.18. The highest BCUT2D eigenvalue weighted by molar-refractivity contribution is 5.80. The summed E-state index contributed by atoms with van der Waals surface area (Å²) in [5.74, 6) is -0.201. The van der Waals surface area contributed by atoms with Crippen molar-refractivity contribution in [2.75, 3.05) is 18.4 Å². The minimum absolute atomic E-state index is 0.0588. The summed E-state index contributed by atoms with van der Waals surface area (Å²) < 4.78 is 15.0. The third-order valence-electron chi connectivity index (χ3n) is 4.73. The predicted octanol–water partition coefficient (Wildman–Crippen LogP) is 3.28. The third-order valence-corrected chi connectivity index (χ3v) is 4.73. The number of fused-ring (bicyclic) bond motifs is 1. The van der Waals surface area contributed by atoms with Crippen molar-refractivity contribution in [2.45, 2.75) is 25.4 Å². The van der Waals surface area contributed by atoms with E-state index in [1.807, 2.05) is 41.4 Å². The van der Waals surface area contributed by atoms with Crippen molar-refractivity contribution in [1.82, 2.24) is 14.7 Å². The van der Waals surface area contributed by atoms with Gasteiger partial charge in [-0.2, -0.15) is 5.10 Å². The van der Waals surface area contributed by atoms with Gasteiger partial charge in [0.2, 0.25) is 5.91 Å². The van der Waals surface area contributed by atoms with Crippen molar-refractivity contribution in [3.8, 4) is 0 Å². The Bertz CT molecular complexity index is 890. The summed E-state index contributed by atoms with van der Waals surface area (Å²) in [7, 11) is 0. The molecule has 1 aromatic heterocycles. The van der Waals surface area contributed by atoms with E-state index < -0.39 is 0 Å². The zero-order valence-corrected chi connectivity index (χ0v) is 14.4. The molecule has 5 nitrogen and oxygen atoms in total. The van der Waals surface area contributed by atoms with Gasteiger partial charge in [0, 0.05) is 36.4 Å². The predicted molar refractivity (Wildman–Crippen MR) is 99.4 cm³/mol. The number of benzene rings is 2. The molecule has 1 fully saturated rings. The Morgan fingerprint density at radius 3 is 2.96 bits per heavy atom. The molecule has 2 heterocycles. The first-order valence-electron chi connectivity index (χ1n) is 8.89. The quantitative estimate of drug-likeness (QED) is 0.784. The van der Waals surface area contributed by atoms with E-state index in [0.29, 0.717) is 6.54 Å². The molecule has 0 aliphatic carbocycles. The second-order valence-corrected chi connectivity index (χ2v) is 6.72. The van der Waals surface area contributed by atoms with Gasteiger partial charge in [0.15, 0.2) is 0 Å². The van der Waals surface area contributed by atoms with Crippen LogP contribution in [0.1, 0.15) is 12.8 Å². The van der Waals surface area contributed by atoms with Crippen LogP contribution in [-0.4, -0.2) is 39.7 Å². The lowest BCUT2D eigenvalue weighted by atomic mass is 10.1. The van der Waals surface area contributed by atoms with Gasteiger partial charge in [-0.25, -0.2) is 4.39 Å². The minimum atomic E-state index is -0.260. The van der Waals surface area contributed by atoms with Gasteiger partial charge < -0.3 is 10.2 Å². The molecule has 1 amide bonds. The van der Waals surface area contributed by atoms with Crippen LogP contribution >= 0.6 is 0 Å². The lowest BCUT2D eigenvalue weighted by Crippen LogP contribution is -2.46. The fourth-order valence-corrected chi connectivity index (χ4v) is 3.47. The van der Waals surface area contributed by atoms with Crippen molar-refractivity contribution in [3.05, 3.63) is 60.5 Å². The maximum Gasteiger partial charge on any atom is 0.244 e. The Labute approximate surface area is 151 Å². The van der Waals surface area contributed by atoms with Crippen molar-refractivity contribution >= 4 is 22.5 Å². The molecule has 2 aromatic carbocycles. The van der Waals surface area contributed by atoms with Crippen LogP contribution in [0.15, 0.2) is 54.7 Å². The van der Waals surface area contributed by atoms with Gasteiger partial charge in [0.25, 0.3) is 0 Å². The number of nitrogens with zero attached hydrogens (tertiary/aromatic N) is 3. The summed E-state index contributed by atoms with van der Waals surface area (Å²) in [6, 6.07) is 14.4. The van der Waals surface area contributed by atoms with E-state index in [1.165, 1.54) is 12.1 Å². The fourth-order valence-electron chi connectivity index (χ4n) is 3.47. The van der Waals surface area contributed by atoms with Crippen LogP contribution in [0.3, 0.4) is 0 Å². The number of carbonyl (C=O) groups is 1. The maximum atomic E-state index is 13.3. The van der Waals surface area contributed by atoms with Crippen LogP contribution in [-0.2, 0) is 11.3 Å². The van der Waals surface area contributed by atoms with Crippen LogP contribution in [0.2, 0.25) is 0 Å². The highest BCUT2D eigenvalue weighted by atomic mass is 19.1. The number of hydrogen-bond donors (Lipinski definition) is 1. The van der Waals surface area contributed by atoms with E-state index >= 15 is 0 Å². The second-order valence-electron chi connectivity index (χ2n) is 6.72. The molecule has 1 aliphatic heterocycles. The van der Waals surface area contributed by atoms with Gasteiger partial charge in [0.05, 0.1) is 5.52 Å². The third kappa shape index (κ3) is 3.69. The number of rotatable bonds is 4. The number of anilines is 1. The first-order chi connectivity index (χ1) is 12.7. The van der Waals surface area contributed by atoms with Crippen molar-refractivity contribution in [1.29, 1.82) is 0 Å². The number of nitrogens with one attached hydrogen (secondary N) is 1. The van der Waals surface area contributed by atoms with Crippen LogP contribution in [0.5, 0.6) is 0 Å². The topological polar surface area (TPSA) is 50.2 Å². The standard InChI is InChI=1S/C20H21FN4O/c21-16-6-3-7-17(11-16)22-18-8-4-10-24(13-18)20(26)14-25-12-15-5-1-2-9-19(15)23-25/h1-3,5-7,9,11-12,18,22H,4,8,10,13-14H2. The number of hydrogen-bond acceptors (Lipinski definition) is 3. The first-order valence-corrected chi connectivity index (χ1v) is 8.89. The molecule has 0 bridgehead atoms. The number of carbonyl (C=O) groups excluding carboxylic acids is 1. The van der Waals surface area contributed by atoms with Crippen molar-refractivity contribution in [3.63, 3.8) is 0 Å². The Kier molecular flexibility index (Phi) is 4.56. The van der Waals surface area contributed by atoms with Crippen molar-refractivity contribution in [2.24, 2.45) is 0 Å². The molecular formula is C20H21FN4O. The first kappa shape index (κ1) is 16.6. The van der Waals surface area contributed by atoms with E-state index in [0.717, 1.165) is 36.0 Å². The Balaban J connectivity index is 1.39. The molecule has 1 N–H and O–H groups in total. The molecule has 1 aliphatic rings. The van der Waals surface area contributed by atoms with Gasteiger partial charge in [-0.15, -0.1) is 0 Å². The molecule has 0 saturated carbocycles. The molecule has 26 heavy (non-hydrogen) atoms. The largest absolute Gasteiger partial charge is 0.380 e. The van der Waals surface area contributed by atoms with Crippen LogP contribution in [0, 0.1) is 5.82 Å². The number of piperidine rings is 1. The Hall–Kier alpha value is -2.89. The summed E-state index contributed by atoms with van der Waals surface area (Å²) >= 11 is 0. The average Bonchev–Trinajstić information content (AvgIpc) is 3.04. The molecule has 6 heteroatoms. The van der Waals surface area contributed by atoms with E-state index in [2.05, 4.69) is 10.4 Å². The lowest BCUT2D eigenvalue weighted by molar-refractivity contribution is -0.133. The summed E-state index contributed by atoms with van der Waals surface area (Å²) in [5.41, 5.74) is 1.65. The van der Waals surface area contributed by atoms with Gasteiger partial charge >= 0.3 is 0 Å². The summed E-state index contributed by atoms with van der Waals surface area (Å²) in [4.78, 5) is 14.5. The lowest BCUT2D eigenvalue weighted by Gasteiger charge is -2.33. The monoisotopic (exact) mass is 352 g/mol. The fraction of sp³-hybridized carbons (Fsp3) is 0.300. The summed E-state index contributed by atoms with van der Waals surface area (Å²) in [6.45, 7) is 1.61. The molecule has 1 saturated heterocycles. The van der Waals surface area contributed by atoms with E-state index in [4.69, 9.17) is 0 Å². The zero-order chi connectivity index (χ0) is 17.9. The summed E-state index contributed by atoms with van der Waals surface area (Å²) in [6.07, 6.45) is 3.80. The Morgan fingerprint density at radius 2 is 2.12 bits per heavy atom. The molecule has 1 unspecified atom stereocenters. The number of halogens is 1. The van der Waals surface area contributed by atoms with E-state index in [1.54, 1.807) is 10.7 Å². The van der Waals surface area contributed by atoms with Gasteiger partial charge in [-0.3, -0.25) is 9.48 Å².